The van der Waals surface area contributed by atoms with E-state index in [0.29, 0.717) is 5.69 Å². The van der Waals surface area contributed by atoms with Crippen LogP contribution in [0.1, 0.15) is 0 Å². The van der Waals surface area contributed by atoms with Gasteiger partial charge >= 0.3 is 0 Å². The molecule has 0 saturated heterocycles. The van der Waals surface area contributed by atoms with Crippen LogP contribution in [0.15, 0.2) is 53.4 Å². The van der Waals surface area contributed by atoms with Gasteiger partial charge in [-0.05, 0) is 24.3 Å². The van der Waals surface area contributed by atoms with E-state index < -0.39 is 22.0 Å². The molecule has 2 aromatic carbocycles. The first-order chi connectivity index (χ1) is 10.9. The highest BCUT2D eigenvalue weighted by atomic mass is 35.5. The van der Waals surface area contributed by atoms with Crippen molar-refractivity contribution < 1.29 is 17.9 Å². The molecular weight excluding hydrogens is 340 g/mol. The molecule has 3 rings (SSSR count). The predicted octanol–water partition coefficient (Wildman–Crippen LogP) is 1.78. The van der Waals surface area contributed by atoms with Gasteiger partial charge in [0.2, 0.25) is 0 Å². The number of ether oxygens (including phenoxy) is 1. The Morgan fingerprint density at radius 3 is 2.52 bits per heavy atom. The summed E-state index contributed by atoms with van der Waals surface area (Å²) in [6.45, 7) is -0.208. The van der Waals surface area contributed by atoms with E-state index in [1.165, 1.54) is 12.1 Å². The lowest BCUT2D eigenvalue weighted by Gasteiger charge is -2.34. The second-order valence-electron chi connectivity index (χ2n) is 4.94. The zero-order valence-corrected chi connectivity index (χ0v) is 13.4. The zero-order chi connectivity index (χ0) is 16.6. The molecule has 0 saturated carbocycles. The maximum atomic E-state index is 13.0. The molecule has 1 amide bonds. The number of fused-ring (bicyclic) bond motifs is 1. The molecule has 2 N–H and O–H groups in total. The van der Waals surface area contributed by atoms with E-state index in [9.17, 15) is 13.2 Å². The van der Waals surface area contributed by atoms with E-state index in [-0.39, 0.29) is 22.2 Å². The van der Waals surface area contributed by atoms with E-state index >= 15 is 0 Å². The van der Waals surface area contributed by atoms with E-state index in [4.69, 9.17) is 22.1 Å². The van der Waals surface area contributed by atoms with Crippen LogP contribution in [0.25, 0.3) is 0 Å². The number of benzene rings is 2. The molecule has 23 heavy (non-hydrogen) atoms. The predicted molar refractivity (Wildman–Crippen MR) is 86.0 cm³/mol. The number of carbonyl (C=O) groups is 1. The number of sulfonamides is 1. The molecule has 1 atom stereocenters. The number of hydrogen-bond donors (Lipinski definition) is 1. The van der Waals surface area contributed by atoms with Gasteiger partial charge in [0.25, 0.3) is 15.9 Å². The lowest BCUT2D eigenvalue weighted by atomic mass is 10.2. The topological polar surface area (TPSA) is 89.7 Å². The average Bonchev–Trinajstić information content (AvgIpc) is 2.53. The van der Waals surface area contributed by atoms with Crippen molar-refractivity contribution in [1.29, 1.82) is 0 Å². The lowest BCUT2D eigenvalue weighted by Crippen LogP contribution is -2.49. The summed E-state index contributed by atoms with van der Waals surface area (Å²) < 4.78 is 32.5. The summed E-state index contributed by atoms with van der Waals surface area (Å²) in [5.41, 5.74) is 5.62. The van der Waals surface area contributed by atoms with Crippen molar-refractivity contribution in [3.8, 4) is 5.75 Å². The summed E-state index contributed by atoms with van der Waals surface area (Å²) in [5, 5.41) is 0.104. The fourth-order valence-corrected chi connectivity index (χ4v) is 4.32. The van der Waals surface area contributed by atoms with E-state index in [1.54, 1.807) is 36.4 Å². The molecule has 120 valence electrons. The minimum Gasteiger partial charge on any atom is -0.476 e. The van der Waals surface area contributed by atoms with Crippen molar-refractivity contribution in [2.45, 2.75) is 11.0 Å². The van der Waals surface area contributed by atoms with Crippen LogP contribution in [0.4, 0.5) is 5.69 Å². The van der Waals surface area contributed by atoms with Crippen molar-refractivity contribution in [1.82, 2.24) is 0 Å². The average molecular weight is 353 g/mol. The first kappa shape index (κ1) is 15.6. The fourth-order valence-electron chi connectivity index (χ4n) is 2.35. The molecule has 6 nitrogen and oxygen atoms in total. The quantitative estimate of drug-likeness (QED) is 0.911. The maximum Gasteiger partial charge on any atom is 0.266 e. The summed E-state index contributed by atoms with van der Waals surface area (Å²) in [6.07, 6.45) is -1.07. The van der Waals surface area contributed by atoms with Crippen molar-refractivity contribution >= 4 is 33.2 Å². The molecular formula is C15H13ClN2O4S. The number of para-hydroxylation sites is 2. The number of hydrogen-bond acceptors (Lipinski definition) is 4. The molecule has 0 bridgehead atoms. The van der Waals surface area contributed by atoms with Gasteiger partial charge in [-0.2, -0.15) is 0 Å². The SMILES string of the molecule is NC(=O)[C@@H]1CN(S(=O)(=O)c2ccccc2Cl)c2ccccc2O1. The molecule has 0 unspecified atom stereocenters. The number of halogens is 1. The van der Waals surface area contributed by atoms with Crippen LogP contribution >= 0.6 is 11.6 Å². The Bertz CT molecular complexity index is 869. The smallest absolute Gasteiger partial charge is 0.266 e. The van der Waals surface area contributed by atoms with Gasteiger partial charge < -0.3 is 10.5 Å². The molecule has 1 heterocycles. The first-order valence-corrected chi connectivity index (χ1v) is 8.55. The Balaban J connectivity index is 2.14. The molecule has 0 aromatic heterocycles. The summed E-state index contributed by atoms with van der Waals surface area (Å²) in [4.78, 5) is 11.4. The maximum absolute atomic E-state index is 13.0. The Hall–Kier alpha value is -2.25. The van der Waals surface area contributed by atoms with Crippen LogP contribution in [0.2, 0.25) is 5.02 Å². The number of carbonyl (C=O) groups excluding carboxylic acids is 1. The molecule has 0 fully saturated rings. The highest BCUT2D eigenvalue weighted by molar-refractivity contribution is 7.93. The number of nitrogens with zero attached hydrogens (tertiary/aromatic N) is 1. The van der Waals surface area contributed by atoms with Crippen LogP contribution in [0.3, 0.4) is 0 Å². The molecule has 0 spiro atoms. The zero-order valence-electron chi connectivity index (χ0n) is 11.8. The van der Waals surface area contributed by atoms with E-state index in [1.807, 2.05) is 0 Å². The third-order valence-corrected chi connectivity index (χ3v) is 5.74. The van der Waals surface area contributed by atoms with Crippen LogP contribution in [-0.2, 0) is 14.8 Å². The minimum absolute atomic E-state index is 0.0402. The Kier molecular flexibility index (Phi) is 3.91. The third-order valence-electron chi connectivity index (χ3n) is 3.46. The summed E-state index contributed by atoms with van der Waals surface area (Å²) >= 11 is 6.03. The van der Waals surface area contributed by atoms with Gasteiger partial charge in [-0.25, -0.2) is 8.42 Å². The number of anilines is 1. The van der Waals surface area contributed by atoms with Gasteiger partial charge in [0, 0.05) is 0 Å². The lowest BCUT2D eigenvalue weighted by molar-refractivity contribution is -0.124. The molecule has 1 aliphatic heterocycles. The van der Waals surface area contributed by atoms with E-state index in [2.05, 4.69) is 0 Å². The standard InChI is InChI=1S/C15H13ClN2O4S/c16-10-5-1-4-8-14(10)23(20,21)18-9-13(15(17)19)22-12-7-3-2-6-11(12)18/h1-8,13H,9H2,(H2,17,19)/t13-/m0/s1. The normalized spacial score (nSPS) is 17.3. The highest BCUT2D eigenvalue weighted by Gasteiger charge is 2.37. The molecule has 1 aliphatic rings. The minimum atomic E-state index is -3.96. The van der Waals surface area contributed by atoms with Gasteiger partial charge in [-0.3, -0.25) is 9.10 Å². The molecule has 0 radical (unpaired) electrons. The van der Waals surface area contributed by atoms with Gasteiger partial charge in [-0.1, -0.05) is 35.9 Å². The summed E-state index contributed by atoms with van der Waals surface area (Å²) in [5.74, 6) is -0.461. The van der Waals surface area contributed by atoms with Crippen molar-refractivity contribution in [3.63, 3.8) is 0 Å². The Morgan fingerprint density at radius 2 is 1.83 bits per heavy atom. The van der Waals surface area contributed by atoms with Crippen LogP contribution in [0.5, 0.6) is 5.75 Å². The Labute approximate surface area is 138 Å². The van der Waals surface area contributed by atoms with Crippen molar-refractivity contribution in [2.75, 3.05) is 10.8 Å². The largest absolute Gasteiger partial charge is 0.476 e. The van der Waals surface area contributed by atoms with Gasteiger partial charge in [-0.15, -0.1) is 0 Å². The molecule has 0 aliphatic carbocycles. The van der Waals surface area contributed by atoms with Gasteiger partial charge in [0.15, 0.2) is 6.10 Å². The van der Waals surface area contributed by atoms with Crippen LogP contribution < -0.4 is 14.8 Å². The Morgan fingerprint density at radius 1 is 1.17 bits per heavy atom. The first-order valence-electron chi connectivity index (χ1n) is 6.73. The molecule has 8 heteroatoms. The fraction of sp³-hybridized carbons (Fsp3) is 0.133. The highest BCUT2D eigenvalue weighted by Crippen LogP contribution is 2.37. The van der Waals surface area contributed by atoms with E-state index in [0.717, 1.165) is 4.31 Å². The molecule has 2 aromatic rings. The van der Waals surface area contributed by atoms with Crippen LogP contribution in [-0.4, -0.2) is 27.0 Å². The second kappa shape index (κ2) is 5.75. The number of primary amides is 1. The van der Waals surface area contributed by atoms with Gasteiger partial charge in [0.1, 0.15) is 10.6 Å². The van der Waals surface area contributed by atoms with Crippen LogP contribution in [0, 0.1) is 0 Å². The number of rotatable bonds is 3. The number of nitrogens with two attached hydrogens (primary N) is 1. The number of amides is 1. The van der Waals surface area contributed by atoms with Crippen molar-refractivity contribution in [2.24, 2.45) is 5.73 Å². The second-order valence-corrected chi connectivity index (χ2v) is 7.18. The monoisotopic (exact) mass is 352 g/mol. The summed E-state index contributed by atoms with van der Waals surface area (Å²) in [7, 11) is -3.96. The third kappa shape index (κ3) is 2.73. The van der Waals surface area contributed by atoms with Crippen molar-refractivity contribution in [3.05, 3.63) is 53.6 Å². The van der Waals surface area contributed by atoms with Gasteiger partial charge in [0.05, 0.1) is 17.3 Å². The summed E-state index contributed by atoms with van der Waals surface area (Å²) in [6, 6.07) is 12.7.